The fraction of sp³-hybridized carbons (Fsp3) is 0.300. The van der Waals surface area contributed by atoms with Crippen molar-refractivity contribution in [2.75, 3.05) is 31.1 Å². The second-order valence-electron chi connectivity index (χ2n) is 6.97. The number of ketones is 1. The second kappa shape index (κ2) is 8.18. The van der Waals surface area contributed by atoms with Crippen LogP contribution in [0.25, 0.3) is 5.69 Å². The Morgan fingerprint density at radius 1 is 1.00 bits per heavy atom. The number of nitrogens with zero attached hydrogens (tertiary/aromatic N) is 6. The fourth-order valence-electron chi connectivity index (χ4n) is 3.38. The van der Waals surface area contributed by atoms with E-state index in [-0.39, 0.29) is 11.5 Å². The molecular weight excluding hydrogens is 392 g/mol. The van der Waals surface area contributed by atoms with Crippen molar-refractivity contribution in [3.8, 4) is 5.69 Å². The highest BCUT2D eigenvalue weighted by molar-refractivity contribution is 6.32. The number of tetrazole rings is 1. The largest absolute Gasteiger partial charge is 0.369 e. The summed E-state index contributed by atoms with van der Waals surface area (Å²) in [6.07, 6.45) is 0. The summed E-state index contributed by atoms with van der Waals surface area (Å²) in [5, 5.41) is 8.42. The highest BCUT2D eigenvalue weighted by Gasteiger charge is 2.20. The molecule has 0 amide bonds. The van der Waals surface area contributed by atoms with Gasteiger partial charge in [0, 0.05) is 37.4 Å². The number of carbonyl (C=O) groups is 1. The predicted octanol–water partition coefficient (Wildman–Crippen LogP) is 2.06. The van der Waals surface area contributed by atoms with Gasteiger partial charge in [0.15, 0.2) is 5.78 Å². The third kappa shape index (κ3) is 4.08. The fourth-order valence-corrected chi connectivity index (χ4v) is 3.60. The number of halogens is 1. The lowest BCUT2D eigenvalue weighted by atomic mass is 10.1. The van der Waals surface area contributed by atoms with Crippen LogP contribution in [-0.2, 0) is 6.67 Å². The van der Waals surface area contributed by atoms with E-state index < -0.39 is 0 Å². The summed E-state index contributed by atoms with van der Waals surface area (Å²) in [5.74, 6) is 0.0663. The molecule has 0 spiro atoms. The van der Waals surface area contributed by atoms with Crippen LogP contribution >= 0.6 is 11.6 Å². The van der Waals surface area contributed by atoms with Crippen LogP contribution in [0.4, 0.5) is 5.69 Å². The number of carbonyl (C=O) groups excluding carboxylic acids is 1. The average molecular weight is 413 g/mol. The number of rotatable bonds is 5. The lowest BCUT2D eigenvalue weighted by Crippen LogP contribution is -2.48. The quantitative estimate of drug-likeness (QED) is 0.597. The molecule has 1 aliphatic heterocycles. The molecule has 0 saturated carbocycles. The summed E-state index contributed by atoms with van der Waals surface area (Å²) in [6.45, 7) is 5.18. The molecule has 0 bridgehead atoms. The molecule has 0 N–H and O–H groups in total. The molecule has 0 atom stereocenters. The van der Waals surface area contributed by atoms with E-state index in [2.05, 4.69) is 20.2 Å². The minimum atomic E-state index is -0.319. The number of Topliss-reactive ketones (excluding diaryl/α,β-unsaturated/α-hetero) is 1. The van der Waals surface area contributed by atoms with E-state index in [1.807, 2.05) is 24.3 Å². The maximum Gasteiger partial charge on any atom is 0.369 e. The van der Waals surface area contributed by atoms with E-state index >= 15 is 0 Å². The smallest absolute Gasteiger partial charge is 0.369 e. The van der Waals surface area contributed by atoms with E-state index in [0.29, 0.717) is 22.9 Å². The summed E-state index contributed by atoms with van der Waals surface area (Å²) in [6, 6.07) is 14.7. The van der Waals surface area contributed by atoms with Crippen molar-refractivity contribution in [2.45, 2.75) is 13.6 Å². The van der Waals surface area contributed by atoms with Crippen molar-refractivity contribution in [1.29, 1.82) is 0 Å². The molecule has 8 nitrogen and oxygen atoms in total. The molecular formula is C20H21ClN6O2. The molecule has 9 heteroatoms. The third-order valence-corrected chi connectivity index (χ3v) is 5.38. The van der Waals surface area contributed by atoms with Crippen LogP contribution in [0.2, 0.25) is 5.02 Å². The summed E-state index contributed by atoms with van der Waals surface area (Å²) in [5.41, 5.74) is 2.01. The van der Waals surface area contributed by atoms with Gasteiger partial charge in [0.05, 0.1) is 10.7 Å². The molecule has 2 aromatic carbocycles. The number of para-hydroxylation sites is 1. The van der Waals surface area contributed by atoms with Crippen LogP contribution in [0.1, 0.15) is 17.3 Å². The van der Waals surface area contributed by atoms with Gasteiger partial charge in [-0.3, -0.25) is 9.69 Å². The molecule has 3 aromatic rings. The van der Waals surface area contributed by atoms with Gasteiger partial charge in [0.25, 0.3) is 0 Å². The minimum absolute atomic E-state index is 0.0663. The zero-order chi connectivity index (χ0) is 20.4. The molecule has 150 valence electrons. The molecule has 1 aromatic heterocycles. The van der Waals surface area contributed by atoms with Gasteiger partial charge in [-0.2, -0.15) is 9.36 Å². The van der Waals surface area contributed by atoms with Crippen LogP contribution in [0.3, 0.4) is 0 Å². The molecule has 0 radical (unpaired) electrons. The second-order valence-corrected chi connectivity index (χ2v) is 7.38. The Bertz CT molecular complexity index is 1070. The lowest BCUT2D eigenvalue weighted by molar-refractivity contribution is 0.101. The van der Waals surface area contributed by atoms with E-state index in [1.54, 1.807) is 31.2 Å². The van der Waals surface area contributed by atoms with Gasteiger partial charge in [-0.25, -0.2) is 4.79 Å². The molecule has 1 saturated heterocycles. The summed E-state index contributed by atoms with van der Waals surface area (Å²) in [4.78, 5) is 28.5. The molecule has 2 heterocycles. The van der Waals surface area contributed by atoms with Crippen molar-refractivity contribution in [3.05, 3.63) is 69.6 Å². The van der Waals surface area contributed by atoms with Crippen LogP contribution < -0.4 is 10.6 Å². The maximum absolute atomic E-state index is 12.6. The lowest BCUT2D eigenvalue weighted by Gasteiger charge is -2.35. The number of benzene rings is 2. The van der Waals surface area contributed by atoms with E-state index in [0.717, 1.165) is 31.9 Å². The number of hydrogen-bond acceptors (Lipinski definition) is 6. The van der Waals surface area contributed by atoms with Crippen LogP contribution in [0, 0.1) is 0 Å². The topological polar surface area (TPSA) is 76.3 Å². The number of piperazine rings is 1. The standard InChI is InChI=1S/C20H21ClN6O2/c1-15(28)16-6-8-17(9-7-16)25-12-10-24(11-13-25)14-26-20(29)27(23-22-26)19-5-3-2-4-18(19)21/h2-9H,10-14H2,1H3. The van der Waals surface area contributed by atoms with Crippen LogP contribution in [-0.4, -0.2) is 56.7 Å². The number of anilines is 1. The zero-order valence-electron chi connectivity index (χ0n) is 16.0. The Balaban J connectivity index is 1.40. The summed E-state index contributed by atoms with van der Waals surface area (Å²) >= 11 is 6.16. The van der Waals surface area contributed by atoms with Crippen molar-refractivity contribution in [2.24, 2.45) is 0 Å². The summed E-state index contributed by atoms with van der Waals surface area (Å²) < 4.78 is 2.57. The van der Waals surface area contributed by atoms with Gasteiger partial charge >= 0.3 is 5.69 Å². The monoisotopic (exact) mass is 412 g/mol. The van der Waals surface area contributed by atoms with Gasteiger partial charge in [0.2, 0.25) is 0 Å². The normalized spacial score (nSPS) is 14.9. The molecule has 1 aliphatic rings. The van der Waals surface area contributed by atoms with Crippen molar-refractivity contribution in [3.63, 3.8) is 0 Å². The SMILES string of the molecule is CC(=O)c1ccc(N2CCN(Cn3nnn(-c4ccccc4Cl)c3=O)CC2)cc1. The van der Waals surface area contributed by atoms with E-state index in [1.165, 1.54) is 9.36 Å². The highest BCUT2D eigenvalue weighted by atomic mass is 35.5. The molecule has 1 fully saturated rings. The Kier molecular flexibility index (Phi) is 5.46. The van der Waals surface area contributed by atoms with Gasteiger partial charge in [-0.05, 0) is 53.7 Å². The predicted molar refractivity (Wildman–Crippen MR) is 111 cm³/mol. The van der Waals surface area contributed by atoms with Gasteiger partial charge in [-0.15, -0.1) is 0 Å². The molecule has 0 unspecified atom stereocenters. The first kappa shape index (κ1) is 19.4. The Labute approximate surface area is 172 Å². The number of hydrogen-bond donors (Lipinski definition) is 0. The molecule has 0 aliphatic carbocycles. The Morgan fingerprint density at radius 2 is 1.69 bits per heavy atom. The highest BCUT2D eigenvalue weighted by Crippen LogP contribution is 2.18. The van der Waals surface area contributed by atoms with Gasteiger partial charge < -0.3 is 4.90 Å². The third-order valence-electron chi connectivity index (χ3n) is 5.07. The van der Waals surface area contributed by atoms with Crippen molar-refractivity contribution in [1.82, 2.24) is 24.7 Å². The average Bonchev–Trinajstić information content (AvgIpc) is 3.09. The zero-order valence-corrected chi connectivity index (χ0v) is 16.8. The first-order valence-electron chi connectivity index (χ1n) is 9.39. The van der Waals surface area contributed by atoms with Crippen LogP contribution in [0.15, 0.2) is 53.3 Å². The summed E-state index contributed by atoms with van der Waals surface area (Å²) in [7, 11) is 0. The van der Waals surface area contributed by atoms with E-state index in [4.69, 9.17) is 11.6 Å². The maximum atomic E-state index is 12.6. The van der Waals surface area contributed by atoms with Crippen molar-refractivity contribution < 1.29 is 4.79 Å². The van der Waals surface area contributed by atoms with Crippen LogP contribution in [0.5, 0.6) is 0 Å². The first-order valence-corrected chi connectivity index (χ1v) is 9.77. The van der Waals surface area contributed by atoms with E-state index in [9.17, 15) is 9.59 Å². The number of aromatic nitrogens is 4. The first-order chi connectivity index (χ1) is 14.0. The van der Waals surface area contributed by atoms with Gasteiger partial charge in [0.1, 0.15) is 6.67 Å². The molecule has 4 rings (SSSR count). The minimum Gasteiger partial charge on any atom is -0.369 e. The Morgan fingerprint density at radius 3 is 2.34 bits per heavy atom. The van der Waals surface area contributed by atoms with Crippen molar-refractivity contribution >= 4 is 23.1 Å². The molecule has 29 heavy (non-hydrogen) atoms. The Hall–Kier alpha value is -2.97. The van der Waals surface area contributed by atoms with Gasteiger partial charge in [-0.1, -0.05) is 23.7 Å².